The minimum atomic E-state index is 0.994. The predicted molar refractivity (Wildman–Crippen MR) is 75.5 cm³/mol. The van der Waals surface area contributed by atoms with E-state index in [1.54, 1.807) is 0 Å². The van der Waals surface area contributed by atoms with Crippen LogP contribution in [0, 0.1) is 0 Å². The molecule has 2 aromatic rings. The lowest BCUT2D eigenvalue weighted by atomic mass is 10.1. The van der Waals surface area contributed by atoms with Crippen LogP contribution in [0.4, 0.5) is 0 Å². The summed E-state index contributed by atoms with van der Waals surface area (Å²) in [6, 6.07) is 8.17. The van der Waals surface area contributed by atoms with Crippen LogP contribution in [0.3, 0.4) is 0 Å². The number of para-hydroxylation sites is 1. The molecule has 0 bridgehead atoms. The predicted octanol–water partition coefficient (Wildman–Crippen LogP) is 4.18. The number of hydrogen-bond donors (Lipinski definition) is 0. The van der Waals surface area contributed by atoms with Crippen molar-refractivity contribution in [3.8, 4) is 0 Å². The molecule has 0 N–H and O–H groups in total. The van der Waals surface area contributed by atoms with Crippen molar-refractivity contribution in [2.45, 2.75) is 58.4 Å². The van der Waals surface area contributed by atoms with Crippen LogP contribution in [0.15, 0.2) is 24.3 Å². The van der Waals surface area contributed by atoms with Crippen LogP contribution in [-0.4, -0.2) is 15.0 Å². The lowest BCUT2D eigenvalue weighted by Gasteiger charge is -2.02. The van der Waals surface area contributed by atoms with Gasteiger partial charge in [0.25, 0.3) is 0 Å². The van der Waals surface area contributed by atoms with Crippen molar-refractivity contribution < 1.29 is 0 Å². The SMILES string of the molecule is CCCCCCCCCn1nnc2ccccc21. The summed E-state index contributed by atoms with van der Waals surface area (Å²) in [4.78, 5) is 0. The van der Waals surface area contributed by atoms with Crippen molar-refractivity contribution in [1.29, 1.82) is 0 Å². The quantitative estimate of drug-likeness (QED) is 0.653. The van der Waals surface area contributed by atoms with Crippen molar-refractivity contribution in [2.75, 3.05) is 0 Å². The Morgan fingerprint density at radius 2 is 1.67 bits per heavy atom. The van der Waals surface area contributed by atoms with E-state index in [0.29, 0.717) is 0 Å². The highest BCUT2D eigenvalue weighted by atomic mass is 15.4. The average molecular weight is 245 g/mol. The van der Waals surface area contributed by atoms with E-state index in [0.717, 1.165) is 17.6 Å². The zero-order chi connectivity index (χ0) is 12.6. The summed E-state index contributed by atoms with van der Waals surface area (Å²) in [5.74, 6) is 0. The van der Waals surface area contributed by atoms with Gasteiger partial charge in [-0.1, -0.05) is 62.8 Å². The van der Waals surface area contributed by atoms with Gasteiger partial charge in [-0.25, -0.2) is 4.68 Å². The topological polar surface area (TPSA) is 30.7 Å². The number of rotatable bonds is 8. The fourth-order valence-electron chi connectivity index (χ4n) is 2.30. The monoisotopic (exact) mass is 245 g/mol. The molecule has 1 aromatic heterocycles. The van der Waals surface area contributed by atoms with E-state index in [1.165, 1.54) is 44.9 Å². The summed E-state index contributed by atoms with van der Waals surface area (Å²) in [5, 5.41) is 8.38. The maximum Gasteiger partial charge on any atom is 0.113 e. The smallest absolute Gasteiger partial charge is 0.113 e. The molecule has 2 rings (SSSR count). The van der Waals surface area contributed by atoms with Gasteiger partial charge in [0.05, 0.1) is 5.52 Å². The molecule has 0 spiro atoms. The van der Waals surface area contributed by atoms with Gasteiger partial charge in [0.2, 0.25) is 0 Å². The molecular weight excluding hydrogens is 222 g/mol. The molecule has 0 amide bonds. The van der Waals surface area contributed by atoms with Crippen molar-refractivity contribution in [3.05, 3.63) is 24.3 Å². The molecular formula is C15H23N3. The van der Waals surface area contributed by atoms with E-state index in [2.05, 4.69) is 23.3 Å². The molecule has 0 aliphatic carbocycles. The van der Waals surface area contributed by atoms with E-state index in [9.17, 15) is 0 Å². The van der Waals surface area contributed by atoms with E-state index in [-0.39, 0.29) is 0 Å². The molecule has 1 heterocycles. The van der Waals surface area contributed by atoms with Gasteiger partial charge in [-0.2, -0.15) is 0 Å². The van der Waals surface area contributed by atoms with Crippen LogP contribution in [0.25, 0.3) is 11.0 Å². The number of aryl methyl sites for hydroxylation is 1. The number of hydrogen-bond acceptors (Lipinski definition) is 2. The van der Waals surface area contributed by atoms with Gasteiger partial charge in [-0.3, -0.25) is 0 Å². The second kappa shape index (κ2) is 7.14. The maximum absolute atomic E-state index is 4.21. The first-order valence-corrected chi connectivity index (χ1v) is 7.20. The summed E-state index contributed by atoms with van der Waals surface area (Å²) < 4.78 is 2.03. The molecule has 1 aromatic carbocycles. The highest BCUT2D eigenvalue weighted by Gasteiger charge is 2.02. The molecule has 0 fully saturated rings. The van der Waals surface area contributed by atoms with Crippen molar-refractivity contribution in [3.63, 3.8) is 0 Å². The van der Waals surface area contributed by atoms with Gasteiger partial charge in [0, 0.05) is 6.54 Å². The van der Waals surface area contributed by atoms with Crippen molar-refractivity contribution in [2.24, 2.45) is 0 Å². The Hall–Kier alpha value is -1.38. The van der Waals surface area contributed by atoms with E-state index >= 15 is 0 Å². The zero-order valence-corrected chi connectivity index (χ0v) is 11.3. The molecule has 18 heavy (non-hydrogen) atoms. The van der Waals surface area contributed by atoms with Gasteiger partial charge < -0.3 is 0 Å². The van der Waals surface area contributed by atoms with Gasteiger partial charge in [0.1, 0.15) is 5.52 Å². The molecule has 0 saturated heterocycles. The summed E-state index contributed by atoms with van der Waals surface area (Å²) >= 11 is 0. The zero-order valence-electron chi connectivity index (χ0n) is 11.3. The summed E-state index contributed by atoms with van der Waals surface area (Å²) in [7, 11) is 0. The van der Waals surface area contributed by atoms with Crippen LogP contribution >= 0.6 is 0 Å². The first kappa shape index (κ1) is 13.1. The number of aromatic nitrogens is 3. The largest absolute Gasteiger partial charge is 0.245 e. The standard InChI is InChI=1S/C15H23N3/c1-2-3-4-5-6-7-10-13-18-15-12-9-8-11-14(15)16-17-18/h8-9,11-12H,2-7,10,13H2,1H3. The normalized spacial score (nSPS) is 11.2. The van der Waals surface area contributed by atoms with E-state index in [4.69, 9.17) is 0 Å². The van der Waals surface area contributed by atoms with Crippen LogP contribution in [-0.2, 0) is 6.54 Å². The number of unbranched alkanes of at least 4 members (excludes halogenated alkanes) is 6. The summed E-state index contributed by atoms with van der Waals surface area (Å²) in [6.45, 7) is 3.25. The Kier molecular flexibility index (Phi) is 5.18. The van der Waals surface area contributed by atoms with Gasteiger partial charge in [0.15, 0.2) is 0 Å². The van der Waals surface area contributed by atoms with Crippen LogP contribution in [0.5, 0.6) is 0 Å². The Morgan fingerprint density at radius 1 is 0.944 bits per heavy atom. The molecule has 3 heteroatoms. The number of nitrogens with zero attached hydrogens (tertiary/aromatic N) is 3. The molecule has 0 radical (unpaired) electrons. The third-order valence-electron chi connectivity index (χ3n) is 3.39. The third kappa shape index (κ3) is 3.56. The highest BCUT2D eigenvalue weighted by Crippen LogP contribution is 2.12. The van der Waals surface area contributed by atoms with Crippen molar-refractivity contribution >= 4 is 11.0 Å². The fraction of sp³-hybridized carbons (Fsp3) is 0.600. The minimum absolute atomic E-state index is 0.994. The Labute approximate surface area is 109 Å². The van der Waals surface area contributed by atoms with Crippen LogP contribution in [0.2, 0.25) is 0 Å². The Bertz CT molecular complexity index is 461. The molecule has 0 unspecified atom stereocenters. The molecule has 98 valence electrons. The highest BCUT2D eigenvalue weighted by molar-refractivity contribution is 5.73. The first-order chi connectivity index (χ1) is 8.92. The van der Waals surface area contributed by atoms with Gasteiger partial charge >= 0.3 is 0 Å². The maximum atomic E-state index is 4.21. The van der Waals surface area contributed by atoms with Gasteiger partial charge in [-0.15, -0.1) is 5.10 Å². The molecule has 0 atom stereocenters. The van der Waals surface area contributed by atoms with E-state index in [1.807, 2.05) is 22.9 Å². The van der Waals surface area contributed by atoms with Crippen LogP contribution < -0.4 is 0 Å². The van der Waals surface area contributed by atoms with Crippen LogP contribution in [0.1, 0.15) is 51.9 Å². The second-order valence-corrected chi connectivity index (χ2v) is 4.92. The number of benzene rings is 1. The first-order valence-electron chi connectivity index (χ1n) is 7.20. The minimum Gasteiger partial charge on any atom is -0.245 e. The third-order valence-corrected chi connectivity index (χ3v) is 3.39. The molecule has 0 aliphatic heterocycles. The number of fused-ring (bicyclic) bond motifs is 1. The fourth-order valence-corrected chi connectivity index (χ4v) is 2.30. The van der Waals surface area contributed by atoms with E-state index < -0.39 is 0 Å². The Balaban J connectivity index is 1.70. The van der Waals surface area contributed by atoms with Gasteiger partial charge in [-0.05, 0) is 18.6 Å². The molecule has 0 aliphatic rings. The lowest BCUT2D eigenvalue weighted by molar-refractivity contribution is 0.522. The molecule has 0 saturated carbocycles. The van der Waals surface area contributed by atoms with Crippen molar-refractivity contribution in [1.82, 2.24) is 15.0 Å². The second-order valence-electron chi connectivity index (χ2n) is 4.92. The summed E-state index contributed by atoms with van der Waals surface area (Å²) in [5.41, 5.74) is 2.16. The Morgan fingerprint density at radius 3 is 2.50 bits per heavy atom. The average Bonchev–Trinajstić information content (AvgIpc) is 2.81. The lowest BCUT2D eigenvalue weighted by Crippen LogP contribution is -2.00. The molecule has 3 nitrogen and oxygen atoms in total. The summed E-state index contributed by atoms with van der Waals surface area (Å²) in [6.07, 6.45) is 9.34.